The lowest BCUT2D eigenvalue weighted by atomic mass is 10.1. The third kappa shape index (κ3) is 2.80. The number of nitrogens with zero attached hydrogens (tertiary/aromatic N) is 3. The fraction of sp³-hybridized carbons (Fsp3) is 0.333. The highest BCUT2D eigenvalue weighted by Gasteiger charge is 2.15. The van der Waals surface area contributed by atoms with E-state index in [1.54, 1.807) is 6.20 Å². The van der Waals surface area contributed by atoms with Crippen molar-refractivity contribution >= 4 is 5.65 Å². The second-order valence-electron chi connectivity index (χ2n) is 5.98. The highest BCUT2D eigenvalue weighted by Crippen LogP contribution is 2.28. The van der Waals surface area contributed by atoms with Crippen molar-refractivity contribution in [3.8, 4) is 16.9 Å². The Labute approximate surface area is 135 Å². The van der Waals surface area contributed by atoms with Crippen molar-refractivity contribution < 1.29 is 4.74 Å². The lowest BCUT2D eigenvalue weighted by Gasteiger charge is -2.12. The summed E-state index contributed by atoms with van der Waals surface area (Å²) in [5.41, 5.74) is 4.05. The van der Waals surface area contributed by atoms with Crippen LogP contribution < -0.4 is 10.1 Å². The van der Waals surface area contributed by atoms with E-state index in [0.29, 0.717) is 6.04 Å². The quantitative estimate of drug-likeness (QED) is 0.805. The summed E-state index contributed by atoms with van der Waals surface area (Å²) in [6.45, 7) is 3.85. The monoisotopic (exact) mass is 308 g/mol. The van der Waals surface area contributed by atoms with Gasteiger partial charge in [-0.3, -0.25) is 0 Å². The van der Waals surface area contributed by atoms with Crippen LogP contribution in [-0.2, 0) is 0 Å². The molecule has 1 unspecified atom stereocenters. The fourth-order valence-electron chi connectivity index (χ4n) is 3.15. The second-order valence-corrected chi connectivity index (χ2v) is 5.98. The zero-order valence-electron chi connectivity index (χ0n) is 13.2. The van der Waals surface area contributed by atoms with Crippen molar-refractivity contribution in [2.24, 2.45) is 0 Å². The number of benzene rings is 1. The van der Waals surface area contributed by atoms with Crippen LogP contribution in [0.15, 0.2) is 42.7 Å². The van der Waals surface area contributed by atoms with Crippen LogP contribution in [0.4, 0.5) is 0 Å². The van der Waals surface area contributed by atoms with Crippen molar-refractivity contribution in [3.05, 3.63) is 48.4 Å². The molecule has 0 radical (unpaired) electrons. The lowest BCUT2D eigenvalue weighted by molar-refractivity contribution is 0.277. The van der Waals surface area contributed by atoms with Crippen LogP contribution in [0, 0.1) is 6.92 Å². The third-order valence-electron chi connectivity index (χ3n) is 4.33. The molecular weight excluding hydrogens is 288 g/mol. The maximum absolute atomic E-state index is 5.88. The summed E-state index contributed by atoms with van der Waals surface area (Å²) in [6, 6.07) is 10.6. The molecule has 5 heteroatoms. The molecule has 0 bridgehead atoms. The molecule has 1 aromatic carbocycles. The molecule has 0 saturated carbocycles. The van der Waals surface area contributed by atoms with Crippen molar-refractivity contribution in [3.63, 3.8) is 0 Å². The van der Waals surface area contributed by atoms with Crippen molar-refractivity contribution in [1.82, 2.24) is 19.9 Å². The summed E-state index contributed by atoms with van der Waals surface area (Å²) in [6.07, 6.45) is 6.16. The second kappa shape index (κ2) is 6.01. The normalized spacial score (nSPS) is 17.7. The molecule has 0 spiro atoms. The molecule has 4 rings (SSSR count). The minimum atomic E-state index is 0.487. The Balaban J connectivity index is 1.56. The minimum absolute atomic E-state index is 0.487. The number of aryl methyl sites for hydroxylation is 1. The van der Waals surface area contributed by atoms with Crippen molar-refractivity contribution in [2.75, 3.05) is 13.2 Å². The van der Waals surface area contributed by atoms with Gasteiger partial charge in [0.05, 0.1) is 5.69 Å². The Hall–Kier alpha value is -2.40. The summed E-state index contributed by atoms with van der Waals surface area (Å²) < 4.78 is 7.70. The van der Waals surface area contributed by atoms with E-state index >= 15 is 0 Å². The van der Waals surface area contributed by atoms with Gasteiger partial charge >= 0.3 is 0 Å². The Kier molecular flexibility index (Phi) is 3.71. The summed E-state index contributed by atoms with van der Waals surface area (Å²) >= 11 is 0. The van der Waals surface area contributed by atoms with Crippen molar-refractivity contribution in [2.45, 2.75) is 25.8 Å². The molecule has 1 aliphatic heterocycles. The standard InChI is InChI=1S/C18H20N4O/c1-13-17(18-20-10-3-11-22(18)21-13)14-5-7-16(8-6-14)23-12-15-4-2-9-19-15/h3,5-8,10-11,15,19H,2,4,9,12H2,1H3. The molecule has 1 fully saturated rings. The molecule has 3 aromatic rings. The summed E-state index contributed by atoms with van der Waals surface area (Å²) in [7, 11) is 0. The smallest absolute Gasteiger partial charge is 0.163 e. The van der Waals surface area contributed by atoms with E-state index in [2.05, 4.69) is 27.5 Å². The van der Waals surface area contributed by atoms with Gasteiger partial charge in [0.2, 0.25) is 0 Å². The highest BCUT2D eigenvalue weighted by molar-refractivity contribution is 5.79. The number of hydrogen-bond donors (Lipinski definition) is 1. The van der Waals surface area contributed by atoms with Crippen LogP contribution in [0.2, 0.25) is 0 Å². The van der Waals surface area contributed by atoms with Gasteiger partial charge in [0.1, 0.15) is 12.4 Å². The molecule has 0 amide bonds. The number of ether oxygens (including phenoxy) is 1. The molecular formula is C18H20N4O. The van der Waals surface area contributed by atoms with Gasteiger partial charge < -0.3 is 10.1 Å². The van der Waals surface area contributed by atoms with Crippen LogP contribution >= 0.6 is 0 Å². The average Bonchev–Trinajstić information content (AvgIpc) is 3.20. The largest absolute Gasteiger partial charge is 0.492 e. The molecule has 5 nitrogen and oxygen atoms in total. The SMILES string of the molecule is Cc1nn2cccnc2c1-c1ccc(OCC2CCCN2)cc1. The van der Waals surface area contributed by atoms with Gasteiger partial charge in [0, 0.05) is 24.0 Å². The van der Waals surface area contributed by atoms with Crippen LogP contribution in [0.1, 0.15) is 18.5 Å². The third-order valence-corrected chi connectivity index (χ3v) is 4.33. The zero-order chi connectivity index (χ0) is 15.6. The van der Waals surface area contributed by atoms with E-state index in [0.717, 1.165) is 41.4 Å². The van der Waals surface area contributed by atoms with Gasteiger partial charge in [-0.1, -0.05) is 12.1 Å². The molecule has 2 aromatic heterocycles. The first kappa shape index (κ1) is 14.2. The molecule has 23 heavy (non-hydrogen) atoms. The molecule has 0 aliphatic carbocycles. The number of rotatable bonds is 4. The molecule has 1 N–H and O–H groups in total. The minimum Gasteiger partial charge on any atom is -0.492 e. The van der Waals surface area contributed by atoms with Crippen LogP contribution in [0.5, 0.6) is 5.75 Å². The van der Waals surface area contributed by atoms with E-state index in [4.69, 9.17) is 4.74 Å². The van der Waals surface area contributed by atoms with Gasteiger partial charge in [0.15, 0.2) is 5.65 Å². The van der Waals surface area contributed by atoms with Gasteiger partial charge in [-0.25, -0.2) is 9.50 Å². The van der Waals surface area contributed by atoms with Crippen LogP contribution in [0.3, 0.4) is 0 Å². The first-order valence-corrected chi connectivity index (χ1v) is 8.08. The predicted molar refractivity (Wildman–Crippen MR) is 89.7 cm³/mol. The topological polar surface area (TPSA) is 51.5 Å². The number of aromatic nitrogens is 3. The van der Waals surface area contributed by atoms with E-state index in [1.807, 2.05) is 35.8 Å². The number of nitrogens with one attached hydrogen (secondary N) is 1. The highest BCUT2D eigenvalue weighted by atomic mass is 16.5. The first-order valence-electron chi connectivity index (χ1n) is 8.08. The van der Waals surface area contributed by atoms with Gasteiger partial charge in [-0.2, -0.15) is 5.10 Å². The van der Waals surface area contributed by atoms with Gasteiger partial charge in [0.25, 0.3) is 0 Å². The number of fused-ring (bicyclic) bond motifs is 1. The lowest BCUT2D eigenvalue weighted by Crippen LogP contribution is -2.28. The maximum atomic E-state index is 5.88. The van der Waals surface area contributed by atoms with E-state index in [9.17, 15) is 0 Å². The predicted octanol–water partition coefficient (Wildman–Crippen LogP) is 2.84. The van der Waals surface area contributed by atoms with Gasteiger partial charge in [-0.05, 0) is 50.1 Å². The molecule has 1 aliphatic rings. The fourth-order valence-corrected chi connectivity index (χ4v) is 3.15. The van der Waals surface area contributed by atoms with Gasteiger partial charge in [-0.15, -0.1) is 0 Å². The van der Waals surface area contributed by atoms with E-state index in [-0.39, 0.29) is 0 Å². The molecule has 3 heterocycles. The van der Waals surface area contributed by atoms with E-state index in [1.165, 1.54) is 12.8 Å². The molecule has 118 valence electrons. The Morgan fingerprint density at radius 3 is 2.96 bits per heavy atom. The zero-order valence-corrected chi connectivity index (χ0v) is 13.2. The van der Waals surface area contributed by atoms with Crippen LogP contribution in [0.25, 0.3) is 16.8 Å². The van der Waals surface area contributed by atoms with Crippen LogP contribution in [-0.4, -0.2) is 33.8 Å². The average molecular weight is 308 g/mol. The maximum Gasteiger partial charge on any atom is 0.163 e. The first-order chi connectivity index (χ1) is 11.3. The Morgan fingerprint density at radius 2 is 2.17 bits per heavy atom. The Morgan fingerprint density at radius 1 is 1.30 bits per heavy atom. The number of hydrogen-bond acceptors (Lipinski definition) is 4. The molecule has 1 atom stereocenters. The summed E-state index contributed by atoms with van der Waals surface area (Å²) in [5.74, 6) is 0.907. The summed E-state index contributed by atoms with van der Waals surface area (Å²) in [4.78, 5) is 4.45. The van der Waals surface area contributed by atoms with E-state index < -0.39 is 0 Å². The van der Waals surface area contributed by atoms with Crippen molar-refractivity contribution in [1.29, 1.82) is 0 Å². The summed E-state index contributed by atoms with van der Waals surface area (Å²) in [5, 5.41) is 7.96. The molecule has 1 saturated heterocycles. The Bertz CT molecular complexity index is 804.